The SMILES string of the molecule is CCC1CN(c2cc(C#N)c3cc([N+](=O)[O-])ccc3n2)CC(C)O1. The van der Waals surface area contributed by atoms with Gasteiger partial charge in [-0.1, -0.05) is 6.92 Å². The third-order valence-electron chi connectivity index (χ3n) is 4.22. The fourth-order valence-electron chi connectivity index (χ4n) is 3.03. The normalized spacial score (nSPS) is 20.8. The Balaban J connectivity index is 2.05. The molecule has 7 heteroatoms. The zero-order valence-electron chi connectivity index (χ0n) is 13.6. The highest BCUT2D eigenvalue weighted by atomic mass is 16.6. The quantitative estimate of drug-likeness (QED) is 0.636. The molecule has 7 nitrogen and oxygen atoms in total. The van der Waals surface area contributed by atoms with Crippen LogP contribution in [0.25, 0.3) is 10.9 Å². The number of nitro benzene ring substituents is 1. The summed E-state index contributed by atoms with van der Waals surface area (Å²) in [5.41, 5.74) is 0.937. The predicted molar refractivity (Wildman–Crippen MR) is 90.0 cm³/mol. The van der Waals surface area contributed by atoms with Gasteiger partial charge in [0, 0.05) is 30.6 Å². The molecule has 0 saturated carbocycles. The molecule has 0 amide bonds. The van der Waals surface area contributed by atoms with E-state index in [1.54, 1.807) is 12.1 Å². The molecule has 1 aliphatic heterocycles. The Kier molecular flexibility index (Phi) is 4.32. The van der Waals surface area contributed by atoms with Gasteiger partial charge in [0.05, 0.1) is 34.3 Å². The van der Waals surface area contributed by atoms with Crippen molar-refractivity contribution in [3.8, 4) is 6.07 Å². The van der Waals surface area contributed by atoms with Crippen LogP contribution in [0, 0.1) is 21.4 Å². The molecule has 1 aromatic carbocycles. The molecule has 1 saturated heterocycles. The molecule has 124 valence electrons. The predicted octanol–water partition coefficient (Wildman–Crippen LogP) is 3.02. The van der Waals surface area contributed by atoms with Crippen LogP contribution < -0.4 is 4.90 Å². The van der Waals surface area contributed by atoms with Crippen LogP contribution in [-0.4, -0.2) is 35.2 Å². The molecule has 2 unspecified atom stereocenters. The number of nitro groups is 1. The summed E-state index contributed by atoms with van der Waals surface area (Å²) in [5, 5.41) is 20.9. The molecule has 0 N–H and O–H groups in total. The van der Waals surface area contributed by atoms with Crippen LogP contribution in [0.3, 0.4) is 0 Å². The summed E-state index contributed by atoms with van der Waals surface area (Å²) < 4.78 is 5.86. The maximum atomic E-state index is 10.9. The molecule has 0 bridgehead atoms. The first-order valence-corrected chi connectivity index (χ1v) is 7.91. The summed E-state index contributed by atoms with van der Waals surface area (Å²) in [6.45, 7) is 5.52. The maximum Gasteiger partial charge on any atom is 0.270 e. The molecule has 1 aliphatic rings. The van der Waals surface area contributed by atoms with Gasteiger partial charge in [0.25, 0.3) is 5.69 Å². The number of nitriles is 1. The number of ether oxygens (including phenoxy) is 1. The number of hydrogen-bond acceptors (Lipinski definition) is 6. The van der Waals surface area contributed by atoms with Crippen molar-refractivity contribution >= 4 is 22.4 Å². The average Bonchev–Trinajstić information content (AvgIpc) is 2.59. The second-order valence-corrected chi connectivity index (χ2v) is 5.98. The van der Waals surface area contributed by atoms with Gasteiger partial charge in [-0.3, -0.25) is 10.1 Å². The summed E-state index contributed by atoms with van der Waals surface area (Å²) in [6.07, 6.45) is 1.13. The first-order valence-electron chi connectivity index (χ1n) is 7.91. The lowest BCUT2D eigenvalue weighted by molar-refractivity contribution is -0.384. The first kappa shape index (κ1) is 16.1. The number of pyridine rings is 1. The summed E-state index contributed by atoms with van der Waals surface area (Å²) in [5.74, 6) is 0.710. The molecule has 1 fully saturated rings. The van der Waals surface area contributed by atoms with Crippen molar-refractivity contribution in [1.29, 1.82) is 5.26 Å². The zero-order valence-corrected chi connectivity index (χ0v) is 13.6. The van der Waals surface area contributed by atoms with Gasteiger partial charge in [-0.2, -0.15) is 5.26 Å². The fourth-order valence-corrected chi connectivity index (χ4v) is 3.03. The Morgan fingerprint density at radius 3 is 2.92 bits per heavy atom. The van der Waals surface area contributed by atoms with Gasteiger partial charge in [0.15, 0.2) is 0 Å². The van der Waals surface area contributed by atoms with Crippen LogP contribution in [0.5, 0.6) is 0 Å². The minimum atomic E-state index is -0.468. The van der Waals surface area contributed by atoms with E-state index in [-0.39, 0.29) is 17.9 Å². The number of fused-ring (bicyclic) bond motifs is 1. The second kappa shape index (κ2) is 6.42. The van der Waals surface area contributed by atoms with E-state index in [4.69, 9.17) is 4.74 Å². The third-order valence-corrected chi connectivity index (χ3v) is 4.22. The van der Waals surface area contributed by atoms with Crippen molar-refractivity contribution in [3.63, 3.8) is 0 Å². The first-order chi connectivity index (χ1) is 11.5. The lowest BCUT2D eigenvalue weighted by Gasteiger charge is -2.37. The monoisotopic (exact) mass is 326 g/mol. The number of aromatic nitrogens is 1. The average molecular weight is 326 g/mol. The molecule has 3 rings (SSSR count). The molecule has 0 spiro atoms. The van der Waals surface area contributed by atoms with Gasteiger partial charge in [-0.05, 0) is 25.5 Å². The van der Waals surface area contributed by atoms with Crippen LogP contribution in [0.4, 0.5) is 11.5 Å². The topological polar surface area (TPSA) is 92.3 Å². The second-order valence-electron chi connectivity index (χ2n) is 5.98. The van der Waals surface area contributed by atoms with Crippen LogP contribution >= 0.6 is 0 Å². The number of hydrogen-bond donors (Lipinski definition) is 0. The van der Waals surface area contributed by atoms with E-state index in [9.17, 15) is 15.4 Å². The zero-order chi connectivity index (χ0) is 17.3. The highest BCUT2D eigenvalue weighted by Crippen LogP contribution is 2.28. The smallest absolute Gasteiger partial charge is 0.270 e. The summed E-state index contributed by atoms with van der Waals surface area (Å²) >= 11 is 0. The van der Waals surface area contributed by atoms with E-state index in [0.29, 0.717) is 28.8 Å². The lowest BCUT2D eigenvalue weighted by Crippen LogP contribution is -2.46. The Morgan fingerprint density at radius 2 is 2.25 bits per heavy atom. The van der Waals surface area contributed by atoms with E-state index in [0.717, 1.165) is 13.0 Å². The largest absolute Gasteiger partial charge is 0.372 e. The molecule has 2 atom stereocenters. The van der Waals surface area contributed by atoms with Gasteiger partial charge in [0.1, 0.15) is 5.82 Å². The van der Waals surface area contributed by atoms with Gasteiger partial charge < -0.3 is 9.64 Å². The van der Waals surface area contributed by atoms with Crippen molar-refractivity contribution in [1.82, 2.24) is 4.98 Å². The fraction of sp³-hybridized carbons (Fsp3) is 0.412. The minimum Gasteiger partial charge on any atom is -0.372 e. The van der Waals surface area contributed by atoms with Crippen LogP contribution in [0.1, 0.15) is 25.8 Å². The summed E-state index contributed by atoms with van der Waals surface area (Å²) in [6, 6.07) is 8.25. The van der Waals surface area contributed by atoms with Crippen molar-refractivity contribution in [3.05, 3.63) is 39.9 Å². The Morgan fingerprint density at radius 1 is 1.46 bits per heavy atom. The molecule has 2 heterocycles. The van der Waals surface area contributed by atoms with Crippen LogP contribution in [0.15, 0.2) is 24.3 Å². The Labute approximate surface area is 139 Å². The van der Waals surface area contributed by atoms with Gasteiger partial charge >= 0.3 is 0 Å². The lowest BCUT2D eigenvalue weighted by atomic mass is 10.1. The molecule has 0 radical (unpaired) electrons. The highest BCUT2D eigenvalue weighted by molar-refractivity contribution is 5.88. The minimum absolute atomic E-state index is 0.0420. The van der Waals surface area contributed by atoms with E-state index >= 15 is 0 Å². The standard InChI is InChI=1S/C17H18N4O3/c1-3-14-10-20(9-11(2)24-14)17-6-12(8-18)15-7-13(21(22)23)4-5-16(15)19-17/h4-7,11,14H,3,9-10H2,1-2H3. The third kappa shape index (κ3) is 3.01. The highest BCUT2D eigenvalue weighted by Gasteiger charge is 2.25. The Bertz CT molecular complexity index is 830. The Hall–Kier alpha value is -2.72. The van der Waals surface area contributed by atoms with Crippen molar-refractivity contribution in [2.24, 2.45) is 0 Å². The number of non-ortho nitro benzene ring substituents is 1. The number of rotatable bonds is 3. The van der Waals surface area contributed by atoms with Crippen LogP contribution in [-0.2, 0) is 4.74 Å². The summed E-state index contributed by atoms with van der Waals surface area (Å²) in [4.78, 5) is 17.2. The molecular formula is C17H18N4O3. The molecule has 0 aliphatic carbocycles. The molecule has 1 aromatic heterocycles. The molecule has 2 aromatic rings. The summed E-state index contributed by atoms with van der Waals surface area (Å²) in [7, 11) is 0. The van der Waals surface area contributed by atoms with E-state index in [1.165, 1.54) is 12.1 Å². The van der Waals surface area contributed by atoms with Crippen LogP contribution in [0.2, 0.25) is 0 Å². The number of morpholine rings is 1. The molecule has 24 heavy (non-hydrogen) atoms. The van der Waals surface area contributed by atoms with Gasteiger partial charge in [0.2, 0.25) is 0 Å². The van der Waals surface area contributed by atoms with Gasteiger partial charge in [-0.15, -0.1) is 0 Å². The number of benzene rings is 1. The molecular weight excluding hydrogens is 308 g/mol. The van der Waals surface area contributed by atoms with E-state index in [2.05, 4.69) is 22.9 Å². The maximum absolute atomic E-state index is 10.9. The van der Waals surface area contributed by atoms with Gasteiger partial charge in [-0.25, -0.2) is 4.98 Å². The number of nitrogens with zero attached hydrogens (tertiary/aromatic N) is 4. The van der Waals surface area contributed by atoms with E-state index in [1.807, 2.05) is 6.92 Å². The van der Waals surface area contributed by atoms with Crippen molar-refractivity contribution < 1.29 is 9.66 Å². The van der Waals surface area contributed by atoms with E-state index < -0.39 is 4.92 Å². The number of anilines is 1. The van der Waals surface area contributed by atoms with Crippen molar-refractivity contribution in [2.45, 2.75) is 32.5 Å². The van der Waals surface area contributed by atoms with Crippen molar-refractivity contribution in [2.75, 3.05) is 18.0 Å².